The van der Waals surface area contributed by atoms with Crippen LogP contribution in [0.5, 0.6) is 0 Å². The summed E-state index contributed by atoms with van der Waals surface area (Å²) in [5.41, 5.74) is 4.92. The zero-order valence-corrected chi connectivity index (χ0v) is 14.3. The van der Waals surface area contributed by atoms with Crippen molar-refractivity contribution in [2.75, 3.05) is 0 Å². The second-order valence-electron chi connectivity index (χ2n) is 6.19. The summed E-state index contributed by atoms with van der Waals surface area (Å²) in [5.74, 6) is 0.567. The first-order valence-corrected chi connectivity index (χ1v) is 8.44. The van der Waals surface area contributed by atoms with E-state index < -0.39 is 6.10 Å². The van der Waals surface area contributed by atoms with Crippen LogP contribution in [0.15, 0.2) is 83.6 Å². The van der Waals surface area contributed by atoms with Crippen molar-refractivity contribution < 1.29 is 9.63 Å². The van der Waals surface area contributed by atoms with Gasteiger partial charge in [0, 0.05) is 29.1 Å². The molecule has 1 atom stereocenters. The maximum Gasteiger partial charge on any atom is 0.173 e. The van der Waals surface area contributed by atoms with Crippen LogP contribution in [0.3, 0.4) is 0 Å². The van der Waals surface area contributed by atoms with Gasteiger partial charge in [-0.1, -0.05) is 71.4 Å². The summed E-state index contributed by atoms with van der Waals surface area (Å²) < 4.78 is 5.68. The summed E-state index contributed by atoms with van der Waals surface area (Å²) in [6.07, 6.45) is 2.45. The third-order valence-corrected chi connectivity index (χ3v) is 4.36. The van der Waals surface area contributed by atoms with Gasteiger partial charge in [0.1, 0.15) is 11.8 Å². The second-order valence-corrected chi connectivity index (χ2v) is 6.19. The molecule has 0 aliphatic heterocycles. The molecule has 0 fully saturated rings. The molecule has 0 saturated carbocycles. The Hall–Kier alpha value is -3.24. The van der Waals surface area contributed by atoms with Crippen molar-refractivity contribution in [2.45, 2.75) is 13.0 Å². The van der Waals surface area contributed by atoms with Crippen LogP contribution in [0.1, 0.15) is 22.8 Å². The van der Waals surface area contributed by atoms with Gasteiger partial charge in [-0.2, -0.15) is 0 Å². The summed E-state index contributed by atoms with van der Waals surface area (Å²) in [5, 5.41) is 15.4. The molecule has 0 amide bonds. The first-order chi connectivity index (χ1) is 12.7. The fourth-order valence-corrected chi connectivity index (χ4v) is 2.97. The molecule has 0 bridgehead atoms. The van der Waals surface area contributed by atoms with E-state index in [0.717, 1.165) is 16.7 Å². The number of benzene rings is 2. The molecule has 26 heavy (non-hydrogen) atoms. The normalized spacial score (nSPS) is 12.1. The van der Waals surface area contributed by atoms with Gasteiger partial charge in [-0.25, -0.2) is 0 Å². The highest BCUT2D eigenvalue weighted by Crippen LogP contribution is 2.38. The number of hydrogen-bond donors (Lipinski definition) is 1. The van der Waals surface area contributed by atoms with Gasteiger partial charge in [-0.15, -0.1) is 0 Å². The van der Waals surface area contributed by atoms with Crippen LogP contribution >= 0.6 is 0 Å². The maximum atomic E-state index is 11.1. The minimum atomic E-state index is -0.888. The Labute approximate surface area is 151 Å². The van der Waals surface area contributed by atoms with E-state index in [1.165, 1.54) is 0 Å². The fraction of sp³-hybridized carbons (Fsp3) is 0.0909. The molecule has 0 aliphatic carbocycles. The number of rotatable bonds is 4. The smallest absolute Gasteiger partial charge is 0.173 e. The van der Waals surface area contributed by atoms with Crippen molar-refractivity contribution in [1.29, 1.82) is 0 Å². The van der Waals surface area contributed by atoms with Crippen LogP contribution in [-0.4, -0.2) is 15.2 Å². The minimum absolute atomic E-state index is 0.567. The van der Waals surface area contributed by atoms with Gasteiger partial charge in [-0.05, 0) is 13.0 Å². The van der Waals surface area contributed by atoms with E-state index >= 15 is 0 Å². The minimum Gasteiger partial charge on any atom is -0.383 e. The van der Waals surface area contributed by atoms with Crippen LogP contribution in [0.2, 0.25) is 0 Å². The summed E-state index contributed by atoms with van der Waals surface area (Å²) in [7, 11) is 0. The van der Waals surface area contributed by atoms with Crippen molar-refractivity contribution in [2.24, 2.45) is 0 Å². The molecule has 128 valence electrons. The number of aryl methyl sites for hydroxylation is 1. The van der Waals surface area contributed by atoms with Crippen molar-refractivity contribution in [1.82, 2.24) is 10.1 Å². The quantitative estimate of drug-likeness (QED) is 0.579. The summed E-state index contributed by atoms with van der Waals surface area (Å²) >= 11 is 0. The van der Waals surface area contributed by atoms with E-state index in [1.807, 2.05) is 67.6 Å². The van der Waals surface area contributed by atoms with E-state index in [4.69, 9.17) is 4.52 Å². The predicted octanol–water partition coefficient (Wildman–Crippen LogP) is 4.79. The first kappa shape index (κ1) is 16.2. The summed E-state index contributed by atoms with van der Waals surface area (Å²) in [6, 6.07) is 21.4. The van der Waals surface area contributed by atoms with E-state index in [9.17, 15) is 5.11 Å². The molecule has 0 radical (unpaired) electrons. The average Bonchev–Trinajstić information content (AvgIpc) is 3.14. The molecule has 0 aliphatic rings. The van der Waals surface area contributed by atoms with Gasteiger partial charge in [0.25, 0.3) is 0 Å². The first-order valence-electron chi connectivity index (χ1n) is 8.44. The zero-order valence-electron chi connectivity index (χ0n) is 14.3. The van der Waals surface area contributed by atoms with Gasteiger partial charge in [0.05, 0.1) is 5.56 Å². The molecule has 4 nitrogen and oxygen atoms in total. The van der Waals surface area contributed by atoms with Crippen LogP contribution in [0.4, 0.5) is 0 Å². The highest BCUT2D eigenvalue weighted by molar-refractivity contribution is 5.74. The highest BCUT2D eigenvalue weighted by atomic mass is 16.5. The molecule has 0 unspecified atom stereocenters. The second kappa shape index (κ2) is 6.94. The molecular formula is C22H18N2O2. The number of hydrogen-bond acceptors (Lipinski definition) is 4. The van der Waals surface area contributed by atoms with E-state index in [-0.39, 0.29) is 0 Å². The Kier molecular flexibility index (Phi) is 4.33. The Bertz CT molecular complexity index is 994. The summed E-state index contributed by atoms with van der Waals surface area (Å²) in [6.45, 7) is 2.04. The van der Waals surface area contributed by atoms with Crippen LogP contribution in [-0.2, 0) is 0 Å². The van der Waals surface area contributed by atoms with Crippen molar-refractivity contribution in [3.8, 4) is 22.6 Å². The highest BCUT2D eigenvalue weighted by Gasteiger charge is 2.26. The molecular weight excluding hydrogens is 324 g/mol. The SMILES string of the molecule is Cc1ccc(-c2noc(-c3ccccc3)c2[C@H](O)c2cccnc2)cc1. The van der Waals surface area contributed by atoms with Crippen molar-refractivity contribution in [3.63, 3.8) is 0 Å². The van der Waals surface area contributed by atoms with Gasteiger partial charge < -0.3 is 9.63 Å². The number of pyridine rings is 1. The number of aromatic nitrogens is 2. The molecule has 2 aromatic heterocycles. The lowest BCUT2D eigenvalue weighted by molar-refractivity contribution is 0.220. The average molecular weight is 342 g/mol. The summed E-state index contributed by atoms with van der Waals surface area (Å²) in [4.78, 5) is 4.12. The lowest BCUT2D eigenvalue weighted by atomic mass is 9.94. The lowest BCUT2D eigenvalue weighted by Gasteiger charge is -2.12. The number of aliphatic hydroxyl groups is 1. The topological polar surface area (TPSA) is 59.2 Å². The van der Waals surface area contributed by atoms with E-state index in [2.05, 4.69) is 10.1 Å². The van der Waals surface area contributed by atoms with Crippen LogP contribution in [0.25, 0.3) is 22.6 Å². The van der Waals surface area contributed by atoms with Gasteiger partial charge in [-0.3, -0.25) is 4.98 Å². The third kappa shape index (κ3) is 3.03. The largest absolute Gasteiger partial charge is 0.383 e. The standard InChI is InChI=1S/C22H18N2O2/c1-15-9-11-16(12-10-15)20-19(21(25)18-8-5-13-23-14-18)22(26-24-20)17-6-3-2-4-7-17/h2-14,21,25H,1H3/t21-/m1/s1. The monoisotopic (exact) mass is 342 g/mol. The van der Waals surface area contributed by atoms with Gasteiger partial charge >= 0.3 is 0 Å². The molecule has 0 spiro atoms. The zero-order chi connectivity index (χ0) is 17.9. The molecule has 2 heterocycles. The molecule has 2 aromatic carbocycles. The molecule has 0 saturated heterocycles. The fourth-order valence-electron chi connectivity index (χ4n) is 2.97. The van der Waals surface area contributed by atoms with E-state index in [1.54, 1.807) is 18.5 Å². The number of nitrogens with zero attached hydrogens (tertiary/aromatic N) is 2. The van der Waals surface area contributed by atoms with Crippen molar-refractivity contribution in [3.05, 3.63) is 95.8 Å². The predicted molar refractivity (Wildman–Crippen MR) is 100 cm³/mol. The molecule has 4 aromatic rings. The lowest BCUT2D eigenvalue weighted by Crippen LogP contribution is -2.02. The molecule has 1 N–H and O–H groups in total. The van der Waals surface area contributed by atoms with Gasteiger partial charge in [0.2, 0.25) is 0 Å². The molecule has 4 heteroatoms. The van der Waals surface area contributed by atoms with Crippen molar-refractivity contribution >= 4 is 0 Å². The Morgan fingerprint density at radius 2 is 1.65 bits per heavy atom. The van der Waals surface area contributed by atoms with Crippen LogP contribution in [0, 0.1) is 6.92 Å². The molecule has 4 rings (SSSR count). The van der Waals surface area contributed by atoms with Crippen LogP contribution < -0.4 is 0 Å². The number of aliphatic hydroxyl groups excluding tert-OH is 1. The Morgan fingerprint density at radius 3 is 2.35 bits per heavy atom. The Morgan fingerprint density at radius 1 is 0.885 bits per heavy atom. The Balaban J connectivity index is 1.90. The van der Waals surface area contributed by atoms with E-state index in [0.29, 0.717) is 22.6 Å². The van der Waals surface area contributed by atoms with Gasteiger partial charge in [0.15, 0.2) is 5.76 Å². The maximum absolute atomic E-state index is 11.1. The third-order valence-electron chi connectivity index (χ3n) is 4.36.